The molecule has 0 N–H and O–H groups in total. The maximum absolute atomic E-state index is 14.1. The van der Waals surface area contributed by atoms with Gasteiger partial charge in [0.25, 0.3) is 5.91 Å². The Balaban J connectivity index is 1.58. The van der Waals surface area contributed by atoms with Gasteiger partial charge < -0.3 is 9.64 Å². The third kappa shape index (κ3) is 4.40. The second kappa shape index (κ2) is 9.28. The van der Waals surface area contributed by atoms with Crippen molar-refractivity contribution in [3.8, 4) is 0 Å². The average Bonchev–Trinajstić information content (AvgIpc) is 3.17. The summed E-state index contributed by atoms with van der Waals surface area (Å²) in [5.74, 6) is -0.380. The standard InChI is InChI=1S/C29H32F5NO3/c1-27-15-22(16-4-6-17(7-5-16)26(37)35(2)3)25-20-11-9-19(36)14-18(20)8-10-21(25)23(27)12-13-24(27)38-29(33,34)28(30,31)32/h4-7,14,21-24H,8-13,15H2,1-3H3. The van der Waals surface area contributed by atoms with E-state index in [1.165, 1.54) is 10.5 Å². The SMILES string of the molecule is CN(C)C(=O)c1ccc(C2CC3(C)C(OC(F)(F)C(F)(F)F)CCC3C3CCC4=CC(=O)CCC4=C23)cc1. The maximum Gasteiger partial charge on any atom is 0.482 e. The first kappa shape index (κ1) is 27.0. The van der Waals surface area contributed by atoms with Gasteiger partial charge in [0.15, 0.2) is 5.78 Å². The van der Waals surface area contributed by atoms with Gasteiger partial charge in [0.2, 0.25) is 0 Å². The maximum atomic E-state index is 14.1. The molecule has 0 spiro atoms. The van der Waals surface area contributed by atoms with Gasteiger partial charge >= 0.3 is 12.3 Å². The largest absolute Gasteiger partial charge is 0.482 e. The van der Waals surface area contributed by atoms with Crippen LogP contribution in [0, 0.1) is 17.3 Å². The van der Waals surface area contributed by atoms with Gasteiger partial charge in [-0.25, -0.2) is 0 Å². The summed E-state index contributed by atoms with van der Waals surface area (Å²) in [5, 5.41) is 0. The van der Waals surface area contributed by atoms with Gasteiger partial charge in [-0.15, -0.1) is 0 Å². The molecule has 2 fully saturated rings. The number of halogens is 5. The zero-order valence-electron chi connectivity index (χ0n) is 21.7. The molecule has 4 aliphatic carbocycles. The second-order valence-electron chi connectivity index (χ2n) is 11.6. The van der Waals surface area contributed by atoms with Crippen LogP contribution < -0.4 is 0 Å². The number of benzene rings is 1. The third-order valence-electron chi connectivity index (χ3n) is 9.23. The van der Waals surface area contributed by atoms with E-state index >= 15 is 0 Å². The fourth-order valence-electron chi connectivity index (χ4n) is 7.47. The predicted molar refractivity (Wildman–Crippen MR) is 131 cm³/mol. The lowest BCUT2D eigenvalue weighted by Gasteiger charge is -2.52. The van der Waals surface area contributed by atoms with Gasteiger partial charge in [0.05, 0.1) is 6.10 Å². The third-order valence-corrected chi connectivity index (χ3v) is 9.23. The summed E-state index contributed by atoms with van der Waals surface area (Å²) in [6.07, 6.45) is -7.09. The number of rotatable bonds is 4. The van der Waals surface area contributed by atoms with Crippen LogP contribution in [0.1, 0.15) is 73.7 Å². The molecule has 206 valence electrons. The normalized spacial score (nSPS) is 31.4. The van der Waals surface area contributed by atoms with Crippen LogP contribution in [0.5, 0.6) is 0 Å². The number of fused-ring (bicyclic) bond motifs is 4. The Bertz CT molecular complexity index is 1200. The molecule has 9 heteroatoms. The van der Waals surface area contributed by atoms with E-state index in [9.17, 15) is 31.5 Å². The number of nitrogens with zero attached hydrogens (tertiary/aromatic N) is 1. The Kier molecular flexibility index (Phi) is 6.60. The van der Waals surface area contributed by atoms with E-state index in [0.717, 1.165) is 16.7 Å². The molecule has 0 aliphatic heterocycles. The molecule has 0 radical (unpaired) electrons. The number of allylic oxidation sites excluding steroid dienone is 4. The predicted octanol–water partition coefficient (Wildman–Crippen LogP) is 6.83. The smallest absolute Gasteiger partial charge is 0.345 e. The van der Waals surface area contributed by atoms with E-state index in [-0.39, 0.29) is 35.9 Å². The molecule has 38 heavy (non-hydrogen) atoms. The molecule has 2 saturated carbocycles. The van der Waals surface area contributed by atoms with Gasteiger partial charge in [-0.05, 0) is 90.7 Å². The zero-order valence-corrected chi connectivity index (χ0v) is 21.7. The first-order valence-corrected chi connectivity index (χ1v) is 13.1. The fourth-order valence-corrected chi connectivity index (χ4v) is 7.47. The molecule has 4 nitrogen and oxygen atoms in total. The lowest BCUT2D eigenvalue weighted by molar-refractivity contribution is -0.408. The van der Waals surface area contributed by atoms with Crippen LogP contribution in [0.4, 0.5) is 22.0 Å². The van der Waals surface area contributed by atoms with Crippen molar-refractivity contribution in [3.05, 3.63) is 58.2 Å². The number of hydrogen-bond donors (Lipinski definition) is 0. The van der Waals surface area contributed by atoms with Crippen molar-refractivity contribution in [2.45, 2.75) is 76.2 Å². The van der Waals surface area contributed by atoms with Crippen LogP contribution >= 0.6 is 0 Å². The van der Waals surface area contributed by atoms with Crippen molar-refractivity contribution in [2.75, 3.05) is 14.1 Å². The van der Waals surface area contributed by atoms with E-state index in [1.807, 2.05) is 12.1 Å². The minimum absolute atomic E-state index is 0.00953. The summed E-state index contributed by atoms with van der Waals surface area (Å²) in [5.41, 5.74) is 3.86. The Hall–Kier alpha value is -2.55. The molecule has 0 bridgehead atoms. The number of ether oxygens (including phenoxy) is 1. The monoisotopic (exact) mass is 537 g/mol. The lowest BCUT2D eigenvalue weighted by atomic mass is 9.53. The number of ketones is 1. The number of carbonyl (C=O) groups excluding carboxylic acids is 2. The summed E-state index contributed by atoms with van der Waals surface area (Å²) < 4.78 is 72.0. The van der Waals surface area contributed by atoms with Gasteiger partial charge in [-0.2, -0.15) is 22.0 Å². The van der Waals surface area contributed by atoms with E-state index in [1.54, 1.807) is 39.2 Å². The minimum Gasteiger partial charge on any atom is -0.345 e. The number of carbonyl (C=O) groups is 2. The van der Waals surface area contributed by atoms with E-state index < -0.39 is 23.8 Å². The summed E-state index contributed by atoms with van der Waals surface area (Å²) >= 11 is 0. The first-order valence-electron chi connectivity index (χ1n) is 13.1. The van der Waals surface area contributed by atoms with Crippen molar-refractivity contribution in [1.82, 2.24) is 4.90 Å². The molecule has 1 amide bonds. The van der Waals surface area contributed by atoms with Crippen molar-refractivity contribution in [1.29, 1.82) is 0 Å². The summed E-state index contributed by atoms with van der Waals surface area (Å²) in [6.45, 7) is 1.80. The van der Waals surface area contributed by atoms with Crippen LogP contribution in [0.2, 0.25) is 0 Å². The van der Waals surface area contributed by atoms with Gasteiger partial charge in [0.1, 0.15) is 0 Å². The summed E-state index contributed by atoms with van der Waals surface area (Å²) in [6, 6.07) is 7.18. The quantitative estimate of drug-likeness (QED) is 0.396. The topological polar surface area (TPSA) is 46.6 Å². The van der Waals surface area contributed by atoms with Gasteiger partial charge in [-0.3, -0.25) is 9.59 Å². The molecule has 0 aromatic heterocycles. The average molecular weight is 538 g/mol. The highest BCUT2D eigenvalue weighted by Gasteiger charge is 2.65. The minimum atomic E-state index is -5.78. The first-order chi connectivity index (χ1) is 17.7. The molecular formula is C29H32F5NO3. The van der Waals surface area contributed by atoms with Crippen LogP contribution in [0.15, 0.2) is 47.1 Å². The number of alkyl halides is 5. The zero-order chi connectivity index (χ0) is 27.6. The van der Waals surface area contributed by atoms with Gasteiger partial charge in [-0.1, -0.05) is 24.6 Å². The van der Waals surface area contributed by atoms with Crippen molar-refractivity contribution < 1.29 is 36.3 Å². The molecule has 0 heterocycles. The fraction of sp³-hybridized carbons (Fsp3) is 0.586. The summed E-state index contributed by atoms with van der Waals surface area (Å²) in [7, 11) is 3.32. The number of hydrogen-bond acceptors (Lipinski definition) is 3. The van der Waals surface area contributed by atoms with E-state index in [2.05, 4.69) is 4.74 Å². The molecule has 1 aromatic rings. The van der Waals surface area contributed by atoms with Gasteiger partial charge in [0, 0.05) is 32.0 Å². The Morgan fingerprint density at radius 2 is 1.68 bits per heavy atom. The van der Waals surface area contributed by atoms with Crippen molar-refractivity contribution >= 4 is 11.7 Å². The highest BCUT2D eigenvalue weighted by Crippen LogP contribution is 2.65. The second-order valence-corrected chi connectivity index (χ2v) is 11.6. The molecule has 4 aliphatic rings. The molecule has 5 atom stereocenters. The Morgan fingerprint density at radius 3 is 2.32 bits per heavy atom. The number of amides is 1. The van der Waals surface area contributed by atoms with Crippen LogP contribution in [-0.2, 0) is 9.53 Å². The highest BCUT2D eigenvalue weighted by molar-refractivity contribution is 5.94. The van der Waals surface area contributed by atoms with Crippen LogP contribution in [-0.4, -0.2) is 49.1 Å². The van der Waals surface area contributed by atoms with E-state index in [0.29, 0.717) is 44.1 Å². The lowest BCUT2D eigenvalue weighted by Crippen LogP contribution is -2.50. The Morgan fingerprint density at radius 1 is 1.00 bits per heavy atom. The van der Waals surface area contributed by atoms with Crippen LogP contribution in [0.25, 0.3) is 0 Å². The molecule has 0 saturated heterocycles. The summed E-state index contributed by atoms with van der Waals surface area (Å²) in [4.78, 5) is 26.1. The molecule has 5 rings (SSSR count). The highest BCUT2D eigenvalue weighted by atomic mass is 19.4. The molecule has 5 unspecified atom stereocenters. The molecular weight excluding hydrogens is 505 g/mol. The van der Waals surface area contributed by atoms with E-state index in [4.69, 9.17) is 0 Å². The van der Waals surface area contributed by atoms with Crippen LogP contribution in [0.3, 0.4) is 0 Å². The van der Waals surface area contributed by atoms with Crippen molar-refractivity contribution in [3.63, 3.8) is 0 Å². The molecule has 1 aromatic carbocycles. The van der Waals surface area contributed by atoms with Crippen molar-refractivity contribution in [2.24, 2.45) is 17.3 Å². The Labute approximate surface area is 218 Å².